The van der Waals surface area contributed by atoms with Crippen LogP contribution in [0.15, 0.2) is 171 Å². The van der Waals surface area contributed by atoms with Crippen LogP contribution in [0.4, 0.5) is 17.1 Å². The predicted molar refractivity (Wildman–Crippen MR) is 204 cm³/mol. The Bertz CT molecular complexity index is 2060. The number of furan rings is 1. The molecule has 0 aliphatic heterocycles. The van der Waals surface area contributed by atoms with E-state index in [0.717, 1.165) is 26.3 Å². The summed E-state index contributed by atoms with van der Waals surface area (Å²) >= 11 is 4.87. The van der Waals surface area contributed by atoms with E-state index in [0.29, 0.717) is 22.8 Å². The van der Waals surface area contributed by atoms with Crippen molar-refractivity contribution in [3.63, 3.8) is 0 Å². The molecule has 248 valence electrons. The number of anilines is 3. The maximum atomic E-state index is 13.8. The molecule has 1 aromatic heterocycles. The van der Waals surface area contributed by atoms with Gasteiger partial charge in [-0.15, -0.1) is 11.8 Å². The first-order valence-electron chi connectivity index (χ1n) is 15.8. The van der Waals surface area contributed by atoms with E-state index < -0.39 is 17.1 Å². The topological polar surface area (TPSA) is 91.6 Å². The molecule has 5 aromatic carbocycles. The number of thioether (sulfide) groups is 1. The largest absolute Gasteiger partial charge is 0.457 e. The van der Waals surface area contributed by atoms with Crippen LogP contribution in [0.3, 0.4) is 0 Å². The summed E-state index contributed by atoms with van der Waals surface area (Å²) in [4.78, 5) is 43.0. The Labute approximate surface area is 303 Å². The monoisotopic (exact) mass is 741 g/mol. The molecular weight excluding hydrogens is 710 g/mol. The highest BCUT2D eigenvalue weighted by Gasteiger charge is 2.24. The molecule has 9 heteroatoms. The van der Waals surface area contributed by atoms with Crippen LogP contribution < -0.4 is 15.5 Å². The van der Waals surface area contributed by atoms with Crippen molar-refractivity contribution < 1.29 is 18.8 Å². The molecule has 0 fully saturated rings. The summed E-state index contributed by atoms with van der Waals surface area (Å²) in [6.45, 7) is 1.88. The smallest absolute Gasteiger partial charge is 0.272 e. The Morgan fingerprint density at radius 1 is 0.720 bits per heavy atom. The number of nitrogens with one attached hydrogen (secondary N) is 2. The second-order valence-electron chi connectivity index (χ2n) is 11.2. The summed E-state index contributed by atoms with van der Waals surface area (Å²) in [7, 11) is 0. The number of para-hydroxylation sites is 2. The van der Waals surface area contributed by atoms with Gasteiger partial charge in [-0.25, -0.2) is 0 Å². The lowest BCUT2D eigenvalue weighted by Gasteiger charge is -2.26. The van der Waals surface area contributed by atoms with Crippen molar-refractivity contribution in [1.29, 1.82) is 0 Å². The van der Waals surface area contributed by atoms with Gasteiger partial charge >= 0.3 is 0 Å². The molecule has 0 spiro atoms. The Kier molecular flexibility index (Phi) is 11.1. The van der Waals surface area contributed by atoms with E-state index in [-0.39, 0.29) is 11.6 Å². The van der Waals surface area contributed by atoms with Gasteiger partial charge in [0.05, 0.1) is 5.25 Å². The first-order chi connectivity index (χ1) is 24.3. The highest BCUT2D eigenvalue weighted by Crippen LogP contribution is 2.32. The lowest BCUT2D eigenvalue weighted by atomic mass is 10.2. The fourth-order valence-electron chi connectivity index (χ4n) is 5.09. The van der Waals surface area contributed by atoms with E-state index >= 15 is 0 Å². The average molecular weight is 743 g/mol. The Morgan fingerprint density at radius 3 is 1.90 bits per heavy atom. The van der Waals surface area contributed by atoms with Gasteiger partial charge in [0.15, 0.2) is 0 Å². The third-order valence-corrected chi connectivity index (χ3v) is 9.22. The van der Waals surface area contributed by atoms with Crippen molar-refractivity contribution in [3.05, 3.63) is 173 Å². The first-order valence-corrected chi connectivity index (χ1v) is 17.5. The number of nitrogens with zero attached hydrogens (tertiary/aromatic N) is 1. The minimum atomic E-state index is -0.527. The molecule has 0 saturated carbocycles. The quantitative estimate of drug-likeness (QED) is 0.102. The number of benzene rings is 5. The fraction of sp³-hybridized carbons (Fsp3) is 0.0488. The summed E-state index contributed by atoms with van der Waals surface area (Å²) in [6.07, 6.45) is 1.50. The number of hydrogen-bond donors (Lipinski definition) is 2. The number of carbonyl (C=O) groups excluding carboxylic acids is 3. The molecule has 1 atom stereocenters. The number of rotatable bonds is 11. The van der Waals surface area contributed by atoms with Crippen molar-refractivity contribution in [2.24, 2.45) is 0 Å². The molecule has 6 rings (SSSR count). The van der Waals surface area contributed by atoms with Crippen LogP contribution in [0.2, 0.25) is 0 Å². The van der Waals surface area contributed by atoms with E-state index in [1.807, 2.05) is 116 Å². The third kappa shape index (κ3) is 8.68. The summed E-state index contributed by atoms with van der Waals surface area (Å²) < 4.78 is 6.96. The molecule has 2 N–H and O–H groups in total. The molecule has 0 aliphatic rings. The first kappa shape index (κ1) is 34.2. The van der Waals surface area contributed by atoms with Gasteiger partial charge in [0.2, 0.25) is 5.91 Å². The van der Waals surface area contributed by atoms with E-state index in [2.05, 4.69) is 26.6 Å². The van der Waals surface area contributed by atoms with Crippen LogP contribution in [0, 0.1) is 0 Å². The van der Waals surface area contributed by atoms with Gasteiger partial charge in [-0.05, 0) is 91.9 Å². The minimum Gasteiger partial charge on any atom is -0.457 e. The van der Waals surface area contributed by atoms with Crippen LogP contribution in [0.5, 0.6) is 0 Å². The molecule has 0 saturated heterocycles. The van der Waals surface area contributed by atoms with Gasteiger partial charge in [0.25, 0.3) is 11.8 Å². The number of carbonyl (C=O) groups is 3. The lowest BCUT2D eigenvalue weighted by molar-refractivity contribution is -0.117. The van der Waals surface area contributed by atoms with Gasteiger partial charge in [0, 0.05) is 43.6 Å². The summed E-state index contributed by atoms with van der Waals surface area (Å²) in [5.74, 6) is -0.00510. The highest BCUT2D eigenvalue weighted by atomic mass is 79.9. The highest BCUT2D eigenvalue weighted by molar-refractivity contribution is 9.10. The molecule has 0 aliphatic carbocycles. The lowest BCUT2D eigenvalue weighted by Crippen LogP contribution is -2.32. The average Bonchev–Trinajstić information content (AvgIpc) is 3.62. The van der Waals surface area contributed by atoms with Crippen molar-refractivity contribution >= 4 is 68.6 Å². The van der Waals surface area contributed by atoms with Gasteiger partial charge in [-0.2, -0.15) is 0 Å². The van der Waals surface area contributed by atoms with Crippen molar-refractivity contribution in [2.45, 2.75) is 17.1 Å². The van der Waals surface area contributed by atoms with Crippen LogP contribution in [-0.2, 0) is 9.59 Å². The Hall–Kier alpha value is -5.64. The van der Waals surface area contributed by atoms with Gasteiger partial charge in [-0.3, -0.25) is 19.3 Å². The molecule has 50 heavy (non-hydrogen) atoms. The van der Waals surface area contributed by atoms with Crippen molar-refractivity contribution in [3.8, 4) is 11.3 Å². The standard InChI is InChI=1S/C41H32BrN3O4S/c1-28(41(48)45(33-13-7-3-8-14-33)34-15-9-4-10-16-34)50-36-24-21-32(22-25-36)43-40(47)37(44-39(46)30-11-5-2-6-12-30)27-35-23-26-38(49-35)29-17-19-31(42)20-18-29/h2-28H,1H3,(H,43,47)(H,44,46). The van der Waals surface area contributed by atoms with Gasteiger partial charge in [-0.1, -0.05) is 82.7 Å². The van der Waals surface area contributed by atoms with E-state index in [9.17, 15) is 14.4 Å². The molecular formula is C41H32BrN3O4S. The van der Waals surface area contributed by atoms with Gasteiger partial charge in [0.1, 0.15) is 17.2 Å². The fourth-order valence-corrected chi connectivity index (χ4v) is 6.27. The molecule has 1 unspecified atom stereocenters. The number of amides is 3. The second kappa shape index (κ2) is 16.2. The van der Waals surface area contributed by atoms with E-state index in [4.69, 9.17) is 4.42 Å². The molecule has 7 nitrogen and oxygen atoms in total. The second-order valence-corrected chi connectivity index (χ2v) is 13.5. The molecule has 3 amide bonds. The molecule has 6 aromatic rings. The van der Waals surface area contributed by atoms with Crippen LogP contribution in [0.1, 0.15) is 23.0 Å². The number of hydrogen-bond acceptors (Lipinski definition) is 5. The zero-order valence-corrected chi connectivity index (χ0v) is 29.4. The van der Waals surface area contributed by atoms with Crippen LogP contribution in [0.25, 0.3) is 17.4 Å². The summed E-state index contributed by atoms with van der Waals surface area (Å²) in [5.41, 5.74) is 3.38. The Morgan fingerprint density at radius 2 is 1.30 bits per heavy atom. The molecule has 0 bridgehead atoms. The normalized spacial score (nSPS) is 11.8. The SMILES string of the molecule is CC(Sc1ccc(NC(=O)C(=Cc2ccc(-c3ccc(Br)cc3)o2)NC(=O)c2ccccc2)cc1)C(=O)N(c1ccccc1)c1ccccc1. The Balaban J connectivity index is 1.17. The van der Waals surface area contributed by atoms with Crippen LogP contribution in [-0.4, -0.2) is 23.0 Å². The van der Waals surface area contributed by atoms with Crippen LogP contribution >= 0.6 is 27.7 Å². The zero-order valence-electron chi connectivity index (χ0n) is 27.0. The maximum absolute atomic E-state index is 13.8. The third-order valence-electron chi connectivity index (χ3n) is 7.59. The number of halogens is 1. The molecule has 1 heterocycles. The predicted octanol–water partition coefficient (Wildman–Crippen LogP) is 9.96. The van der Waals surface area contributed by atoms with E-state index in [1.54, 1.807) is 47.4 Å². The van der Waals surface area contributed by atoms with Crippen molar-refractivity contribution in [1.82, 2.24) is 5.32 Å². The zero-order chi connectivity index (χ0) is 34.9. The maximum Gasteiger partial charge on any atom is 0.272 e. The minimum absolute atomic E-state index is 0.00939. The van der Waals surface area contributed by atoms with Crippen molar-refractivity contribution in [2.75, 3.05) is 10.2 Å². The summed E-state index contributed by atoms with van der Waals surface area (Å²) in [6, 6.07) is 46.2. The van der Waals surface area contributed by atoms with Gasteiger partial charge < -0.3 is 15.1 Å². The van der Waals surface area contributed by atoms with E-state index in [1.165, 1.54) is 17.8 Å². The summed E-state index contributed by atoms with van der Waals surface area (Å²) in [5, 5.41) is 5.21. The molecule has 0 radical (unpaired) electrons.